The van der Waals surface area contributed by atoms with E-state index in [4.69, 9.17) is 0 Å². The highest BCUT2D eigenvalue weighted by Gasteiger charge is 2.08. The maximum atomic E-state index is 3.21. The Balaban J connectivity index is 2.40. The van der Waals surface area contributed by atoms with Crippen LogP contribution < -0.4 is 0 Å². The molecule has 0 spiro atoms. The first-order valence-electron chi connectivity index (χ1n) is 7.30. The predicted molar refractivity (Wildman–Crippen MR) is 88.6 cm³/mol. The van der Waals surface area contributed by atoms with E-state index < -0.39 is 0 Å². The number of likely N-dealkylation sites (N-methyl/N-ethyl adjacent to an activating group) is 1. The molecule has 0 aromatic heterocycles. The van der Waals surface area contributed by atoms with Gasteiger partial charge in [0.15, 0.2) is 0 Å². The molecule has 0 aliphatic heterocycles. The molecule has 0 aliphatic rings. The van der Waals surface area contributed by atoms with Gasteiger partial charge in [-0.25, -0.2) is 0 Å². The molecular formula is C19H27N. The zero-order chi connectivity index (χ0) is 15.0. The fraction of sp³-hybridized carbons (Fsp3) is 0.474. The molecule has 1 aromatic carbocycles. The van der Waals surface area contributed by atoms with Crippen LogP contribution in [0.25, 0.3) is 0 Å². The van der Waals surface area contributed by atoms with Crippen LogP contribution in [-0.2, 0) is 6.42 Å². The Morgan fingerprint density at radius 1 is 1.20 bits per heavy atom. The molecule has 0 heterocycles. The molecule has 0 unspecified atom stereocenters. The van der Waals surface area contributed by atoms with E-state index in [2.05, 4.69) is 87.9 Å². The van der Waals surface area contributed by atoms with Crippen LogP contribution >= 0.6 is 0 Å². The SMILES string of the molecule is C[C@H](Cc1ccccc1)N(C)C/C=C\C#CC(C)(C)C. The number of hydrogen-bond donors (Lipinski definition) is 0. The lowest BCUT2D eigenvalue weighted by atomic mass is 9.98. The Kier molecular flexibility index (Phi) is 6.55. The zero-order valence-corrected chi connectivity index (χ0v) is 13.5. The van der Waals surface area contributed by atoms with Gasteiger partial charge in [-0.05, 0) is 52.8 Å². The summed E-state index contributed by atoms with van der Waals surface area (Å²) in [7, 11) is 2.16. The summed E-state index contributed by atoms with van der Waals surface area (Å²) in [6.45, 7) is 9.58. The first-order valence-corrected chi connectivity index (χ1v) is 7.30. The first kappa shape index (κ1) is 16.5. The van der Waals surface area contributed by atoms with Gasteiger partial charge in [0, 0.05) is 18.0 Å². The Morgan fingerprint density at radius 2 is 1.85 bits per heavy atom. The minimum atomic E-state index is 0.0802. The molecule has 1 nitrogen and oxygen atoms in total. The van der Waals surface area contributed by atoms with Crippen molar-refractivity contribution in [1.82, 2.24) is 4.90 Å². The average molecular weight is 269 g/mol. The van der Waals surface area contributed by atoms with Crippen LogP contribution in [0.3, 0.4) is 0 Å². The molecule has 0 fully saturated rings. The summed E-state index contributed by atoms with van der Waals surface area (Å²) in [5.41, 5.74) is 1.47. The number of allylic oxidation sites excluding steroid dienone is 1. The Hall–Kier alpha value is -1.52. The lowest BCUT2D eigenvalue weighted by Crippen LogP contribution is -2.30. The molecule has 108 valence electrons. The molecule has 0 aliphatic carbocycles. The largest absolute Gasteiger partial charge is 0.300 e. The third kappa shape index (κ3) is 7.16. The first-order chi connectivity index (χ1) is 9.38. The van der Waals surface area contributed by atoms with Gasteiger partial charge >= 0.3 is 0 Å². The van der Waals surface area contributed by atoms with Crippen molar-refractivity contribution in [2.45, 2.75) is 40.2 Å². The van der Waals surface area contributed by atoms with Crippen LogP contribution in [0.4, 0.5) is 0 Å². The second-order valence-corrected chi connectivity index (χ2v) is 6.40. The summed E-state index contributed by atoms with van der Waals surface area (Å²) >= 11 is 0. The second-order valence-electron chi connectivity index (χ2n) is 6.40. The van der Waals surface area contributed by atoms with Crippen molar-refractivity contribution in [1.29, 1.82) is 0 Å². The van der Waals surface area contributed by atoms with Crippen molar-refractivity contribution in [2.24, 2.45) is 5.41 Å². The molecule has 0 bridgehead atoms. The van der Waals surface area contributed by atoms with E-state index in [0.717, 1.165) is 13.0 Å². The average Bonchev–Trinajstić information content (AvgIpc) is 2.38. The smallest absolute Gasteiger partial charge is 0.0233 e. The van der Waals surface area contributed by atoms with E-state index in [9.17, 15) is 0 Å². The molecule has 1 heteroatoms. The quantitative estimate of drug-likeness (QED) is 0.726. The van der Waals surface area contributed by atoms with Crippen LogP contribution in [0.1, 0.15) is 33.3 Å². The summed E-state index contributed by atoms with van der Waals surface area (Å²) in [4.78, 5) is 2.35. The molecule has 1 atom stereocenters. The summed E-state index contributed by atoms with van der Waals surface area (Å²) in [6.07, 6.45) is 5.19. The van der Waals surface area contributed by atoms with E-state index in [1.54, 1.807) is 0 Å². The molecular weight excluding hydrogens is 242 g/mol. The number of hydrogen-bond acceptors (Lipinski definition) is 1. The van der Waals surface area contributed by atoms with Crippen molar-refractivity contribution in [3.05, 3.63) is 48.0 Å². The summed E-state index contributed by atoms with van der Waals surface area (Å²) < 4.78 is 0. The Morgan fingerprint density at radius 3 is 2.45 bits per heavy atom. The monoisotopic (exact) mass is 269 g/mol. The van der Waals surface area contributed by atoms with E-state index in [1.165, 1.54) is 5.56 Å². The fourth-order valence-corrected chi connectivity index (χ4v) is 1.83. The topological polar surface area (TPSA) is 3.24 Å². The molecule has 0 radical (unpaired) electrons. The highest BCUT2D eigenvalue weighted by molar-refractivity contribution is 5.19. The van der Waals surface area contributed by atoms with Gasteiger partial charge in [-0.3, -0.25) is 4.90 Å². The van der Waals surface area contributed by atoms with Gasteiger partial charge in [0.1, 0.15) is 0 Å². The van der Waals surface area contributed by atoms with Crippen LogP contribution in [0, 0.1) is 17.3 Å². The molecule has 0 N–H and O–H groups in total. The van der Waals surface area contributed by atoms with Gasteiger partial charge in [0.05, 0.1) is 0 Å². The van der Waals surface area contributed by atoms with Gasteiger partial charge in [0.2, 0.25) is 0 Å². The summed E-state index contributed by atoms with van der Waals surface area (Å²) in [6, 6.07) is 11.2. The van der Waals surface area contributed by atoms with Crippen molar-refractivity contribution >= 4 is 0 Å². The third-order valence-corrected chi connectivity index (χ3v) is 3.17. The molecule has 1 rings (SSSR count). The lowest BCUT2D eigenvalue weighted by Gasteiger charge is -2.23. The fourth-order valence-electron chi connectivity index (χ4n) is 1.83. The summed E-state index contributed by atoms with van der Waals surface area (Å²) in [5, 5.41) is 0. The maximum absolute atomic E-state index is 3.21. The highest BCUT2D eigenvalue weighted by atomic mass is 15.1. The molecule has 0 saturated carbocycles. The van der Waals surface area contributed by atoms with Crippen molar-refractivity contribution in [3.8, 4) is 11.8 Å². The molecule has 1 aromatic rings. The highest BCUT2D eigenvalue weighted by Crippen LogP contribution is 2.09. The zero-order valence-electron chi connectivity index (χ0n) is 13.5. The lowest BCUT2D eigenvalue weighted by molar-refractivity contribution is 0.283. The van der Waals surface area contributed by atoms with Crippen LogP contribution in [0.15, 0.2) is 42.5 Å². The predicted octanol–water partition coefficient (Wildman–Crippen LogP) is 4.16. The van der Waals surface area contributed by atoms with Crippen molar-refractivity contribution in [2.75, 3.05) is 13.6 Å². The van der Waals surface area contributed by atoms with Crippen LogP contribution in [-0.4, -0.2) is 24.5 Å². The standard InChI is InChI=1S/C19H27N/c1-17(16-18-12-8-6-9-13-18)20(5)15-11-7-10-14-19(2,3)4/h6-9,11-13,17H,15-16H2,1-5H3/b11-7-/t17-/m1/s1. The second kappa shape index (κ2) is 7.92. The van der Waals surface area contributed by atoms with E-state index in [-0.39, 0.29) is 5.41 Å². The maximum Gasteiger partial charge on any atom is 0.0233 e. The number of nitrogens with zero attached hydrogens (tertiary/aromatic N) is 1. The van der Waals surface area contributed by atoms with E-state index >= 15 is 0 Å². The minimum Gasteiger partial charge on any atom is -0.300 e. The normalized spacial score (nSPS) is 13.3. The van der Waals surface area contributed by atoms with Gasteiger partial charge in [-0.2, -0.15) is 0 Å². The van der Waals surface area contributed by atoms with Gasteiger partial charge in [-0.1, -0.05) is 48.2 Å². The van der Waals surface area contributed by atoms with Crippen LogP contribution in [0.2, 0.25) is 0 Å². The third-order valence-electron chi connectivity index (χ3n) is 3.17. The van der Waals surface area contributed by atoms with Crippen molar-refractivity contribution in [3.63, 3.8) is 0 Å². The molecule has 0 amide bonds. The van der Waals surface area contributed by atoms with Gasteiger partial charge in [0.25, 0.3) is 0 Å². The van der Waals surface area contributed by atoms with Gasteiger partial charge < -0.3 is 0 Å². The Bertz CT molecular complexity index is 468. The van der Waals surface area contributed by atoms with Crippen molar-refractivity contribution < 1.29 is 0 Å². The molecule has 20 heavy (non-hydrogen) atoms. The minimum absolute atomic E-state index is 0.0802. The number of benzene rings is 1. The van der Waals surface area contributed by atoms with Gasteiger partial charge in [-0.15, -0.1) is 0 Å². The van der Waals surface area contributed by atoms with E-state index in [1.807, 2.05) is 6.08 Å². The van der Waals surface area contributed by atoms with Crippen LogP contribution in [0.5, 0.6) is 0 Å². The Labute approximate surface area is 124 Å². The summed E-state index contributed by atoms with van der Waals surface area (Å²) in [5.74, 6) is 6.32. The van der Waals surface area contributed by atoms with E-state index in [0.29, 0.717) is 6.04 Å². The number of rotatable bonds is 5. The molecule has 0 saturated heterocycles.